The molecule has 1 aliphatic rings. The van der Waals surface area contributed by atoms with Gasteiger partial charge in [0.25, 0.3) is 5.89 Å². The van der Waals surface area contributed by atoms with E-state index in [0.29, 0.717) is 5.89 Å². The van der Waals surface area contributed by atoms with E-state index in [0.717, 1.165) is 28.1 Å². The number of hydrogen-bond donors (Lipinski definition) is 1. The number of aromatic nitrogens is 2. The van der Waals surface area contributed by atoms with Crippen LogP contribution in [0.1, 0.15) is 24.7 Å². The molecule has 3 rings (SSSR count). The highest BCUT2D eigenvalue weighted by atomic mass is 79.9. The van der Waals surface area contributed by atoms with Gasteiger partial charge in [-0.3, -0.25) is 0 Å². The highest BCUT2D eigenvalue weighted by Crippen LogP contribution is 2.29. The van der Waals surface area contributed by atoms with Crippen LogP contribution in [0.25, 0.3) is 11.5 Å². The molecule has 0 saturated carbocycles. The molecule has 1 atom stereocenters. The maximum Gasteiger partial charge on any atom is 0.258 e. The first-order chi connectivity index (χ1) is 7.83. The molecule has 0 aliphatic carbocycles. The zero-order valence-electron chi connectivity index (χ0n) is 8.44. The second-order valence-electron chi connectivity index (χ2n) is 3.75. The summed E-state index contributed by atoms with van der Waals surface area (Å²) in [5, 5.41) is 9.38. The molecule has 3 heterocycles. The molecule has 0 amide bonds. The van der Waals surface area contributed by atoms with E-state index < -0.39 is 0 Å². The fourth-order valence-corrected chi connectivity index (χ4v) is 2.95. The molecule has 0 radical (unpaired) electrons. The van der Waals surface area contributed by atoms with Crippen molar-refractivity contribution in [1.29, 1.82) is 0 Å². The monoisotopic (exact) mass is 299 g/mol. The highest BCUT2D eigenvalue weighted by molar-refractivity contribution is 9.11. The van der Waals surface area contributed by atoms with E-state index >= 15 is 0 Å². The van der Waals surface area contributed by atoms with Crippen LogP contribution >= 0.6 is 27.3 Å². The van der Waals surface area contributed by atoms with Crippen LogP contribution in [0.2, 0.25) is 0 Å². The lowest BCUT2D eigenvalue weighted by atomic mass is 10.2. The van der Waals surface area contributed by atoms with Crippen molar-refractivity contribution in [2.24, 2.45) is 0 Å². The molecule has 0 bridgehead atoms. The van der Waals surface area contributed by atoms with Crippen molar-refractivity contribution in [3.05, 3.63) is 21.1 Å². The van der Waals surface area contributed by atoms with Crippen LogP contribution in [-0.4, -0.2) is 16.7 Å². The average molecular weight is 300 g/mol. The minimum absolute atomic E-state index is 0.263. The quantitative estimate of drug-likeness (QED) is 0.926. The topological polar surface area (TPSA) is 51.0 Å². The second kappa shape index (κ2) is 4.27. The maximum absolute atomic E-state index is 5.26. The van der Waals surface area contributed by atoms with Crippen molar-refractivity contribution in [2.45, 2.75) is 18.9 Å². The van der Waals surface area contributed by atoms with Crippen molar-refractivity contribution < 1.29 is 4.52 Å². The number of hydrogen-bond acceptors (Lipinski definition) is 5. The lowest BCUT2D eigenvalue weighted by Gasteiger charge is -2.01. The Balaban J connectivity index is 1.87. The number of rotatable bonds is 2. The van der Waals surface area contributed by atoms with E-state index in [1.54, 1.807) is 11.3 Å². The molecular weight excluding hydrogens is 290 g/mol. The van der Waals surface area contributed by atoms with E-state index in [1.165, 1.54) is 6.42 Å². The van der Waals surface area contributed by atoms with Gasteiger partial charge in [-0.25, -0.2) is 0 Å². The molecule has 1 fully saturated rings. The van der Waals surface area contributed by atoms with Crippen molar-refractivity contribution in [3.8, 4) is 11.5 Å². The summed E-state index contributed by atoms with van der Waals surface area (Å²) < 4.78 is 6.33. The Morgan fingerprint density at radius 3 is 3.19 bits per heavy atom. The van der Waals surface area contributed by atoms with Gasteiger partial charge in [0.2, 0.25) is 0 Å². The predicted octanol–water partition coefficient (Wildman–Crippen LogP) is 2.99. The van der Waals surface area contributed by atoms with Crippen LogP contribution in [0, 0.1) is 0 Å². The summed E-state index contributed by atoms with van der Waals surface area (Å²) in [5.74, 6) is 1.38. The molecule has 0 aromatic carbocycles. The van der Waals surface area contributed by atoms with Gasteiger partial charge in [-0.2, -0.15) is 4.98 Å². The van der Waals surface area contributed by atoms with E-state index in [-0.39, 0.29) is 6.04 Å². The Labute approximate surface area is 105 Å². The smallest absolute Gasteiger partial charge is 0.258 e. The minimum Gasteiger partial charge on any atom is -0.334 e. The molecule has 2 aromatic heterocycles. The van der Waals surface area contributed by atoms with Crippen molar-refractivity contribution in [2.75, 3.05) is 6.54 Å². The second-order valence-corrected chi connectivity index (χ2v) is 6.04. The summed E-state index contributed by atoms with van der Waals surface area (Å²) in [6, 6.07) is 2.25. The van der Waals surface area contributed by atoms with Gasteiger partial charge in [0, 0.05) is 5.38 Å². The van der Waals surface area contributed by atoms with E-state index in [1.807, 2.05) is 11.4 Å². The molecule has 2 aromatic rings. The largest absolute Gasteiger partial charge is 0.334 e. The molecule has 4 nitrogen and oxygen atoms in total. The van der Waals surface area contributed by atoms with Crippen LogP contribution in [0.3, 0.4) is 0 Å². The maximum atomic E-state index is 5.26. The Morgan fingerprint density at radius 2 is 2.50 bits per heavy atom. The lowest BCUT2D eigenvalue weighted by molar-refractivity contribution is 0.412. The zero-order valence-corrected chi connectivity index (χ0v) is 10.8. The van der Waals surface area contributed by atoms with Crippen LogP contribution in [0.4, 0.5) is 0 Å². The van der Waals surface area contributed by atoms with Crippen molar-refractivity contribution in [1.82, 2.24) is 15.5 Å². The SMILES string of the molecule is Brc1cc(-c2nc(C3CCCN3)no2)cs1. The van der Waals surface area contributed by atoms with Gasteiger partial charge < -0.3 is 9.84 Å². The summed E-state index contributed by atoms with van der Waals surface area (Å²) in [5.41, 5.74) is 0.980. The van der Waals surface area contributed by atoms with Gasteiger partial charge in [0.15, 0.2) is 5.82 Å². The number of nitrogens with zero attached hydrogens (tertiary/aromatic N) is 2. The summed E-state index contributed by atoms with van der Waals surface area (Å²) >= 11 is 5.03. The van der Waals surface area contributed by atoms with Gasteiger partial charge in [-0.05, 0) is 41.4 Å². The third-order valence-corrected chi connectivity index (χ3v) is 4.13. The third kappa shape index (κ3) is 1.92. The van der Waals surface area contributed by atoms with Crippen molar-refractivity contribution >= 4 is 27.3 Å². The molecule has 1 aliphatic heterocycles. The van der Waals surface area contributed by atoms with Gasteiger partial charge in [-0.1, -0.05) is 5.16 Å². The first kappa shape index (κ1) is 10.4. The number of halogens is 1. The van der Waals surface area contributed by atoms with Gasteiger partial charge in [0.1, 0.15) is 0 Å². The van der Waals surface area contributed by atoms with Crippen LogP contribution in [0.5, 0.6) is 0 Å². The predicted molar refractivity (Wildman–Crippen MR) is 65.3 cm³/mol. The summed E-state index contributed by atoms with van der Waals surface area (Å²) in [4.78, 5) is 4.42. The lowest BCUT2D eigenvalue weighted by Crippen LogP contribution is -2.14. The first-order valence-corrected chi connectivity index (χ1v) is 6.81. The molecule has 1 saturated heterocycles. The van der Waals surface area contributed by atoms with E-state index in [4.69, 9.17) is 4.52 Å². The zero-order chi connectivity index (χ0) is 11.0. The Hall–Kier alpha value is -0.720. The number of thiophene rings is 1. The van der Waals surface area contributed by atoms with Gasteiger partial charge in [-0.15, -0.1) is 11.3 Å². The molecular formula is C10H10BrN3OS. The van der Waals surface area contributed by atoms with Crippen LogP contribution in [-0.2, 0) is 0 Å². The van der Waals surface area contributed by atoms with E-state index in [2.05, 4.69) is 31.4 Å². The Kier molecular flexibility index (Phi) is 2.79. The van der Waals surface area contributed by atoms with Crippen LogP contribution in [0.15, 0.2) is 19.8 Å². The molecule has 16 heavy (non-hydrogen) atoms. The summed E-state index contributed by atoms with van der Waals surface area (Å²) in [6.07, 6.45) is 2.27. The first-order valence-electron chi connectivity index (χ1n) is 5.14. The Morgan fingerprint density at radius 1 is 1.56 bits per heavy atom. The molecule has 84 valence electrons. The highest BCUT2D eigenvalue weighted by Gasteiger charge is 2.22. The molecule has 1 unspecified atom stereocenters. The fraction of sp³-hybridized carbons (Fsp3) is 0.400. The van der Waals surface area contributed by atoms with Crippen LogP contribution < -0.4 is 5.32 Å². The average Bonchev–Trinajstić information content (AvgIpc) is 2.97. The van der Waals surface area contributed by atoms with Gasteiger partial charge in [0.05, 0.1) is 15.4 Å². The molecule has 0 spiro atoms. The minimum atomic E-state index is 0.263. The summed E-state index contributed by atoms with van der Waals surface area (Å²) in [7, 11) is 0. The third-order valence-electron chi connectivity index (χ3n) is 2.63. The van der Waals surface area contributed by atoms with Gasteiger partial charge >= 0.3 is 0 Å². The fourth-order valence-electron chi connectivity index (χ4n) is 1.82. The van der Waals surface area contributed by atoms with Crippen molar-refractivity contribution in [3.63, 3.8) is 0 Å². The molecule has 1 N–H and O–H groups in total. The summed E-state index contributed by atoms with van der Waals surface area (Å²) in [6.45, 7) is 1.04. The normalized spacial score (nSPS) is 20.4. The standard InChI is InChI=1S/C10H10BrN3OS/c11-8-4-6(5-16-8)10-13-9(14-15-10)7-2-1-3-12-7/h4-5,7,12H,1-3H2. The molecule has 6 heteroatoms. The van der Waals surface area contributed by atoms with E-state index in [9.17, 15) is 0 Å². The number of nitrogens with one attached hydrogen (secondary N) is 1. The Bertz CT molecular complexity index is 490.